The molecule has 86 valence electrons. The molecule has 0 spiro atoms. The first-order chi connectivity index (χ1) is 7.69. The Morgan fingerprint density at radius 1 is 1.56 bits per heavy atom. The first-order valence-corrected chi connectivity index (χ1v) is 5.52. The maximum Gasteiger partial charge on any atom is 0.305 e. The molecule has 1 heterocycles. The van der Waals surface area contributed by atoms with Crippen LogP contribution in [0.5, 0.6) is 5.75 Å². The van der Waals surface area contributed by atoms with Gasteiger partial charge in [0.1, 0.15) is 11.9 Å². The monoisotopic (exact) mass is 220 g/mol. The maximum atomic E-state index is 11.0. The second-order valence-electron chi connectivity index (χ2n) is 4.17. The molecule has 1 atom stereocenters. The van der Waals surface area contributed by atoms with Gasteiger partial charge in [-0.3, -0.25) is 4.79 Å². The van der Waals surface area contributed by atoms with Gasteiger partial charge in [-0.15, -0.1) is 0 Å². The second-order valence-corrected chi connectivity index (χ2v) is 4.17. The molecule has 1 aliphatic rings. The van der Waals surface area contributed by atoms with E-state index in [1.807, 2.05) is 12.1 Å². The Kier molecular flexibility index (Phi) is 3.13. The third kappa shape index (κ3) is 2.35. The Hall–Kier alpha value is -1.51. The van der Waals surface area contributed by atoms with E-state index in [4.69, 9.17) is 4.74 Å². The third-order valence-corrected chi connectivity index (χ3v) is 2.86. The highest BCUT2D eigenvalue weighted by Crippen LogP contribution is 2.31. The lowest BCUT2D eigenvalue weighted by atomic mass is 10.0. The average Bonchev–Trinajstić information content (AvgIpc) is 2.67. The molecule has 16 heavy (non-hydrogen) atoms. The molecule has 1 aliphatic heterocycles. The van der Waals surface area contributed by atoms with Crippen LogP contribution in [-0.4, -0.2) is 19.2 Å². The second kappa shape index (κ2) is 4.56. The van der Waals surface area contributed by atoms with Crippen LogP contribution in [0.4, 0.5) is 0 Å². The first kappa shape index (κ1) is 11.0. The Morgan fingerprint density at radius 3 is 3.12 bits per heavy atom. The number of methoxy groups -OCH3 is 1. The molecule has 1 aromatic carbocycles. The summed E-state index contributed by atoms with van der Waals surface area (Å²) in [5, 5.41) is 0. The molecule has 0 saturated carbocycles. The fourth-order valence-electron chi connectivity index (χ4n) is 1.99. The molecule has 0 radical (unpaired) electrons. The first-order valence-electron chi connectivity index (χ1n) is 5.52. The van der Waals surface area contributed by atoms with Gasteiger partial charge in [0.05, 0.1) is 7.11 Å². The zero-order valence-corrected chi connectivity index (χ0v) is 9.66. The highest BCUT2D eigenvalue weighted by molar-refractivity contribution is 5.69. The van der Waals surface area contributed by atoms with Crippen molar-refractivity contribution in [3.05, 3.63) is 29.3 Å². The Labute approximate surface area is 95.4 Å². The van der Waals surface area contributed by atoms with Crippen LogP contribution in [0.1, 0.15) is 24.0 Å². The van der Waals surface area contributed by atoms with Crippen LogP contribution in [0.2, 0.25) is 0 Å². The number of carbonyl (C=O) groups excluding carboxylic acids is 1. The van der Waals surface area contributed by atoms with E-state index in [-0.39, 0.29) is 12.1 Å². The highest BCUT2D eigenvalue weighted by atomic mass is 16.5. The van der Waals surface area contributed by atoms with E-state index in [0.717, 1.165) is 18.6 Å². The fourth-order valence-corrected chi connectivity index (χ4v) is 1.99. The van der Waals surface area contributed by atoms with Gasteiger partial charge in [-0.1, -0.05) is 17.7 Å². The maximum absolute atomic E-state index is 11.0. The molecule has 0 N–H and O–H groups in total. The Bertz CT molecular complexity index is 398. The SMILES string of the molecule is COC(=O)CCC1Cc2cc(C)ccc2O1. The lowest BCUT2D eigenvalue weighted by Gasteiger charge is -2.08. The lowest BCUT2D eigenvalue weighted by molar-refractivity contribution is -0.141. The predicted octanol–water partition coefficient (Wildman–Crippen LogP) is 2.25. The summed E-state index contributed by atoms with van der Waals surface area (Å²) in [5.74, 6) is 0.788. The van der Waals surface area contributed by atoms with E-state index in [9.17, 15) is 4.79 Å². The van der Waals surface area contributed by atoms with Crippen LogP contribution in [0, 0.1) is 6.92 Å². The number of benzene rings is 1. The number of rotatable bonds is 3. The molecule has 0 saturated heterocycles. The summed E-state index contributed by atoms with van der Waals surface area (Å²) in [6.45, 7) is 2.07. The largest absolute Gasteiger partial charge is 0.490 e. The average molecular weight is 220 g/mol. The van der Waals surface area contributed by atoms with E-state index >= 15 is 0 Å². The fraction of sp³-hybridized carbons (Fsp3) is 0.462. The third-order valence-electron chi connectivity index (χ3n) is 2.86. The smallest absolute Gasteiger partial charge is 0.305 e. The summed E-state index contributed by atoms with van der Waals surface area (Å²) >= 11 is 0. The minimum Gasteiger partial charge on any atom is -0.490 e. The van der Waals surface area contributed by atoms with Crippen molar-refractivity contribution in [3.8, 4) is 5.75 Å². The zero-order valence-electron chi connectivity index (χ0n) is 9.66. The van der Waals surface area contributed by atoms with Crippen molar-refractivity contribution < 1.29 is 14.3 Å². The van der Waals surface area contributed by atoms with Crippen molar-refractivity contribution in [3.63, 3.8) is 0 Å². The van der Waals surface area contributed by atoms with Gasteiger partial charge < -0.3 is 9.47 Å². The molecule has 2 rings (SSSR count). The Morgan fingerprint density at radius 2 is 2.38 bits per heavy atom. The highest BCUT2D eigenvalue weighted by Gasteiger charge is 2.23. The number of hydrogen-bond donors (Lipinski definition) is 0. The van der Waals surface area contributed by atoms with Gasteiger partial charge in [0, 0.05) is 12.8 Å². The number of esters is 1. The number of fused-ring (bicyclic) bond motifs is 1. The molecular formula is C13H16O3. The van der Waals surface area contributed by atoms with Gasteiger partial charge in [0.2, 0.25) is 0 Å². The molecular weight excluding hydrogens is 204 g/mol. The van der Waals surface area contributed by atoms with Gasteiger partial charge in [0.15, 0.2) is 0 Å². The van der Waals surface area contributed by atoms with E-state index in [1.165, 1.54) is 18.2 Å². The quantitative estimate of drug-likeness (QED) is 0.733. The van der Waals surface area contributed by atoms with Crippen molar-refractivity contribution in [2.24, 2.45) is 0 Å². The lowest BCUT2D eigenvalue weighted by Crippen LogP contribution is -2.15. The number of aryl methyl sites for hydroxylation is 1. The van der Waals surface area contributed by atoms with Crippen molar-refractivity contribution in [2.75, 3.05) is 7.11 Å². The van der Waals surface area contributed by atoms with Gasteiger partial charge in [-0.25, -0.2) is 0 Å². The summed E-state index contributed by atoms with van der Waals surface area (Å²) in [6, 6.07) is 6.19. The summed E-state index contributed by atoms with van der Waals surface area (Å²) < 4.78 is 10.4. The predicted molar refractivity (Wildman–Crippen MR) is 60.5 cm³/mol. The molecule has 3 nitrogen and oxygen atoms in total. The molecule has 0 amide bonds. The summed E-state index contributed by atoms with van der Waals surface area (Å²) in [7, 11) is 1.41. The van der Waals surface area contributed by atoms with Crippen LogP contribution < -0.4 is 4.74 Å². The standard InChI is InChI=1S/C13H16O3/c1-9-3-5-12-10(7-9)8-11(16-12)4-6-13(14)15-2/h3,5,7,11H,4,6,8H2,1-2H3. The van der Waals surface area contributed by atoms with E-state index in [1.54, 1.807) is 0 Å². The van der Waals surface area contributed by atoms with Crippen LogP contribution in [0.3, 0.4) is 0 Å². The number of carbonyl (C=O) groups is 1. The molecule has 0 aliphatic carbocycles. The number of ether oxygens (including phenoxy) is 2. The van der Waals surface area contributed by atoms with Crippen LogP contribution in [0.25, 0.3) is 0 Å². The molecule has 0 fully saturated rings. The van der Waals surface area contributed by atoms with Gasteiger partial charge in [-0.05, 0) is 25.0 Å². The van der Waals surface area contributed by atoms with Crippen LogP contribution >= 0.6 is 0 Å². The zero-order chi connectivity index (χ0) is 11.5. The van der Waals surface area contributed by atoms with E-state index < -0.39 is 0 Å². The molecule has 3 heteroatoms. The minimum absolute atomic E-state index is 0.121. The Balaban J connectivity index is 1.93. The van der Waals surface area contributed by atoms with Crippen molar-refractivity contribution in [1.29, 1.82) is 0 Å². The van der Waals surface area contributed by atoms with Crippen molar-refractivity contribution in [2.45, 2.75) is 32.3 Å². The topological polar surface area (TPSA) is 35.5 Å². The molecule has 0 aromatic heterocycles. The summed E-state index contributed by atoms with van der Waals surface area (Å²) in [4.78, 5) is 11.0. The van der Waals surface area contributed by atoms with Crippen molar-refractivity contribution >= 4 is 5.97 Å². The number of hydrogen-bond acceptors (Lipinski definition) is 3. The van der Waals surface area contributed by atoms with E-state index in [2.05, 4.69) is 17.7 Å². The summed E-state index contributed by atoms with van der Waals surface area (Å²) in [5.41, 5.74) is 2.49. The molecule has 0 bridgehead atoms. The summed E-state index contributed by atoms with van der Waals surface area (Å²) in [6.07, 6.45) is 2.17. The molecule has 1 unspecified atom stereocenters. The van der Waals surface area contributed by atoms with Gasteiger partial charge in [0.25, 0.3) is 0 Å². The van der Waals surface area contributed by atoms with Crippen LogP contribution in [-0.2, 0) is 16.0 Å². The minimum atomic E-state index is -0.171. The van der Waals surface area contributed by atoms with Crippen molar-refractivity contribution in [1.82, 2.24) is 0 Å². The molecule has 1 aromatic rings. The van der Waals surface area contributed by atoms with E-state index in [0.29, 0.717) is 6.42 Å². The van der Waals surface area contributed by atoms with Gasteiger partial charge in [-0.2, -0.15) is 0 Å². The normalized spacial score (nSPS) is 17.8. The van der Waals surface area contributed by atoms with Crippen LogP contribution in [0.15, 0.2) is 18.2 Å². The van der Waals surface area contributed by atoms with Gasteiger partial charge >= 0.3 is 5.97 Å².